The molecule has 0 bridgehead atoms. The molecule has 1 heterocycles. The highest BCUT2D eigenvalue weighted by Gasteiger charge is 2.27. The SMILES string of the molecule is CCNC(=NCC(=O)N1CCc2ccccc21)NC1CCCC(S(=O)CC)C1.I. The highest BCUT2D eigenvalue weighted by Crippen LogP contribution is 2.27. The lowest BCUT2D eigenvalue weighted by Crippen LogP contribution is -2.47. The van der Waals surface area contributed by atoms with Crippen molar-refractivity contribution >= 4 is 52.3 Å². The van der Waals surface area contributed by atoms with Crippen molar-refractivity contribution in [3.8, 4) is 0 Å². The van der Waals surface area contributed by atoms with Crippen molar-refractivity contribution in [2.75, 3.05) is 30.3 Å². The molecule has 2 aliphatic rings. The van der Waals surface area contributed by atoms with Crippen LogP contribution in [-0.4, -0.2) is 52.8 Å². The number of halogens is 1. The summed E-state index contributed by atoms with van der Waals surface area (Å²) >= 11 is 0. The maximum Gasteiger partial charge on any atom is 0.248 e. The van der Waals surface area contributed by atoms with Crippen LogP contribution in [-0.2, 0) is 22.0 Å². The molecular weight excluding hydrogens is 499 g/mol. The zero-order chi connectivity index (χ0) is 19.9. The van der Waals surface area contributed by atoms with Crippen molar-refractivity contribution < 1.29 is 9.00 Å². The van der Waals surface area contributed by atoms with E-state index in [1.54, 1.807) is 0 Å². The lowest BCUT2D eigenvalue weighted by Gasteiger charge is -2.30. The van der Waals surface area contributed by atoms with Crippen LogP contribution >= 0.6 is 24.0 Å². The minimum absolute atomic E-state index is 0. The predicted molar refractivity (Wildman–Crippen MR) is 132 cm³/mol. The molecular formula is C21H33IN4O2S. The molecule has 1 aromatic rings. The molecule has 0 saturated heterocycles. The van der Waals surface area contributed by atoms with Crippen LogP contribution in [0.1, 0.15) is 45.1 Å². The lowest BCUT2D eigenvalue weighted by molar-refractivity contribution is -0.117. The molecule has 2 N–H and O–H groups in total. The Bertz CT molecular complexity index is 743. The van der Waals surface area contributed by atoms with Gasteiger partial charge in [-0.3, -0.25) is 9.00 Å². The van der Waals surface area contributed by atoms with Crippen molar-refractivity contribution in [3.05, 3.63) is 29.8 Å². The second-order valence-electron chi connectivity index (χ2n) is 7.42. The molecule has 8 heteroatoms. The van der Waals surface area contributed by atoms with Gasteiger partial charge in [0.15, 0.2) is 5.96 Å². The first-order valence-electron chi connectivity index (χ1n) is 10.4. The average Bonchev–Trinajstić information content (AvgIpc) is 3.16. The first kappa shape index (κ1) is 24.1. The van der Waals surface area contributed by atoms with Crippen LogP contribution in [0.25, 0.3) is 0 Å². The minimum Gasteiger partial charge on any atom is -0.357 e. The van der Waals surface area contributed by atoms with Gasteiger partial charge in [-0.1, -0.05) is 31.5 Å². The Balaban J connectivity index is 0.00000300. The number of aliphatic imine (C=N–C) groups is 1. The maximum absolute atomic E-state index is 12.7. The van der Waals surface area contributed by atoms with Gasteiger partial charge in [-0.15, -0.1) is 24.0 Å². The molecule has 6 nitrogen and oxygen atoms in total. The molecule has 0 radical (unpaired) electrons. The Morgan fingerprint density at radius 2 is 2.07 bits per heavy atom. The van der Waals surface area contributed by atoms with E-state index in [9.17, 15) is 9.00 Å². The number of guanidine groups is 1. The molecule has 0 aromatic heterocycles. The highest BCUT2D eigenvalue weighted by atomic mass is 127. The number of rotatable bonds is 6. The quantitative estimate of drug-likeness (QED) is 0.336. The zero-order valence-corrected chi connectivity index (χ0v) is 20.5. The normalized spacial score (nSPS) is 22.4. The fourth-order valence-corrected chi connectivity index (χ4v) is 5.44. The van der Waals surface area contributed by atoms with Crippen LogP contribution in [0.2, 0.25) is 0 Å². The van der Waals surface area contributed by atoms with E-state index in [4.69, 9.17) is 0 Å². The van der Waals surface area contributed by atoms with Crippen LogP contribution in [0.4, 0.5) is 5.69 Å². The number of nitrogens with one attached hydrogen (secondary N) is 2. The fourth-order valence-electron chi connectivity index (χ4n) is 4.09. The molecule has 1 fully saturated rings. The number of para-hydroxylation sites is 1. The third-order valence-electron chi connectivity index (χ3n) is 5.53. The number of anilines is 1. The van der Waals surface area contributed by atoms with Crippen LogP contribution < -0.4 is 15.5 Å². The number of nitrogens with zero attached hydrogens (tertiary/aromatic N) is 2. The fraction of sp³-hybridized carbons (Fsp3) is 0.619. The number of hydrogen-bond donors (Lipinski definition) is 2. The number of carbonyl (C=O) groups excluding carboxylic acids is 1. The van der Waals surface area contributed by atoms with E-state index >= 15 is 0 Å². The summed E-state index contributed by atoms with van der Waals surface area (Å²) in [6, 6.07) is 8.33. The molecule has 1 amide bonds. The van der Waals surface area contributed by atoms with Gasteiger partial charge in [-0.05, 0) is 44.2 Å². The Morgan fingerprint density at radius 1 is 1.28 bits per heavy atom. The van der Waals surface area contributed by atoms with Gasteiger partial charge >= 0.3 is 0 Å². The van der Waals surface area contributed by atoms with E-state index in [1.807, 2.05) is 36.9 Å². The van der Waals surface area contributed by atoms with Crippen LogP contribution in [0.5, 0.6) is 0 Å². The third-order valence-corrected chi connectivity index (χ3v) is 7.27. The van der Waals surface area contributed by atoms with Crippen LogP contribution in [0.3, 0.4) is 0 Å². The zero-order valence-electron chi connectivity index (χ0n) is 17.4. The summed E-state index contributed by atoms with van der Waals surface area (Å²) in [6.07, 6.45) is 4.98. The van der Waals surface area contributed by atoms with Crippen molar-refractivity contribution in [2.45, 2.75) is 57.2 Å². The summed E-state index contributed by atoms with van der Waals surface area (Å²) in [7, 11) is -0.748. The largest absolute Gasteiger partial charge is 0.357 e. The first-order chi connectivity index (χ1) is 13.6. The summed E-state index contributed by atoms with van der Waals surface area (Å²) < 4.78 is 12.2. The Morgan fingerprint density at radius 3 is 2.83 bits per heavy atom. The molecule has 1 aliphatic heterocycles. The van der Waals surface area contributed by atoms with E-state index in [0.717, 1.165) is 56.6 Å². The molecule has 162 valence electrons. The molecule has 29 heavy (non-hydrogen) atoms. The maximum atomic E-state index is 12.7. The second kappa shape index (κ2) is 11.9. The molecule has 3 unspecified atom stereocenters. The Labute approximate surface area is 193 Å². The molecule has 1 saturated carbocycles. The first-order valence-corrected chi connectivity index (χ1v) is 11.8. The summed E-state index contributed by atoms with van der Waals surface area (Å²) in [5.74, 6) is 1.42. The smallest absolute Gasteiger partial charge is 0.248 e. The van der Waals surface area contributed by atoms with Gasteiger partial charge in [-0.2, -0.15) is 0 Å². The monoisotopic (exact) mass is 532 g/mol. The van der Waals surface area contributed by atoms with Crippen LogP contribution in [0.15, 0.2) is 29.3 Å². The Hall–Kier alpha value is -1.16. The minimum atomic E-state index is -0.748. The van der Waals surface area contributed by atoms with E-state index in [2.05, 4.69) is 21.7 Å². The number of hydrogen-bond acceptors (Lipinski definition) is 3. The van der Waals surface area contributed by atoms with E-state index in [-0.39, 0.29) is 47.7 Å². The number of benzene rings is 1. The molecule has 0 spiro atoms. The number of amides is 1. The highest BCUT2D eigenvalue weighted by molar-refractivity contribution is 14.0. The summed E-state index contributed by atoms with van der Waals surface area (Å²) in [6.45, 7) is 5.60. The van der Waals surface area contributed by atoms with Crippen molar-refractivity contribution in [1.29, 1.82) is 0 Å². The van der Waals surface area contributed by atoms with Gasteiger partial charge in [0.2, 0.25) is 5.91 Å². The van der Waals surface area contributed by atoms with E-state index in [0.29, 0.717) is 5.96 Å². The van der Waals surface area contributed by atoms with E-state index in [1.165, 1.54) is 5.56 Å². The molecule has 3 rings (SSSR count). The van der Waals surface area contributed by atoms with Crippen molar-refractivity contribution in [1.82, 2.24) is 10.6 Å². The van der Waals surface area contributed by atoms with Gasteiger partial charge in [0.25, 0.3) is 0 Å². The third kappa shape index (κ3) is 6.41. The van der Waals surface area contributed by atoms with Gasteiger partial charge in [-0.25, -0.2) is 4.99 Å². The van der Waals surface area contributed by atoms with Gasteiger partial charge in [0.1, 0.15) is 6.54 Å². The van der Waals surface area contributed by atoms with Gasteiger partial charge in [0, 0.05) is 46.6 Å². The number of carbonyl (C=O) groups is 1. The van der Waals surface area contributed by atoms with Crippen molar-refractivity contribution in [3.63, 3.8) is 0 Å². The Kier molecular flexibility index (Phi) is 9.88. The lowest BCUT2D eigenvalue weighted by atomic mass is 9.95. The van der Waals surface area contributed by atoms with Crippen LogP contribution in [0, 0.1) is 0 Å². The van der Waals surface area contributed by atoms with Gasteiger partial charge in [0.05, 0.1) is 0 Å². The second-order valence-corrected chi connectivity index (χ2v) is 9.42. The average molecular weight is 532 g/mol. The summed E-state index contributed by atoms with van der Waals surface area (Å²) in [4.78, 5) is 19.1. The standard InChI is InChI=1S/C21H32N4O2S.HI/c1-3-22-21(24-17-9-7-10-18(14-17)28(27)4-2)23-15-20(26)25-13-12-16-8-5-6-11-19(16)25;/h5-6,8,11,17-18H,3-4,7,9-10,12-15H2,1-2H3,(H2,22,23,24);1H. The summed E-state index contributed by atoms with van der Waals surface area (Å²) in [5, 5.41) is 6.98. The molecule has 3 atom stereocenters. The topological polar surface area (TPSA) is 73.8 Å². The van der Waals surface area contributed by atoms with Gasteiger partial charge < -0.3 is 15.5 Å². The number of fused-ring (bicyclic) bond motifs is 1. The van der Waals surface area contributed by atoms with Crippen molar-refractivity contribution in [2.24, 2.45) is 4.99 Å². The molecule has 1 aromatic carbocycles. The van der Waals surface area contributed by atoms with E-state index < -0.39 is 10.8 Å². The predicted octanol–water partition coefficient (Wildman–Crippen LogP) is 2.83. The summed E-state index contributed by atoms with van der Waals surface area (Å²) in [5.41, 5.74) is 2.24. The molecule has 1 aliphatic carbocycles.